The van der Waals surface area contributed by atoms with Gasteiger partial charge in [-0.1, -0.05) is 71.9 Å². The third kappa shape index (κ3) is 4.75. The second-order valence-corrected chi connectivity index (χ2v) is 9.49. The molecule has 6 heteroatoms. The maximum absolute atomic E-state index is 13.5. The van der Waals surface area contributed by atoms with Crippen LogP contribution in [-0.2, 0) is 16.0 Å². The zero-order valence-electron chi connectivity index (χ0n) is 19.3. The molecule has 3 aromatic carbocycles. The smallest absolute Gasteiger partial charge is 0.269 e. The fraction of sp³-hybridized carbons (Fsp3) is 0.179. The van der Waals surface area contributed by atoms with E-state index in [9.17, 15) is 14.9 Å². The number of aryl methyl sites for hydroxylation is 2. The highest BCUT2D eigenvalue weighted by Gasteiger charge is 2.40. The summed E-state index contributed by atoms with van der Waals surface area (Å²) < 4.78 is 0. The fourth-order valence-electron chi connectivity index (χ4n) is 3.81. The number of nitrogens with zero attached hydrogens (tertiary/aromatic N) is 2. The SMILES string of the molecule is Cc1ccc(CC2S/C(=C(\C#N)C(=O)Nc3cccc(C)c3C)N(c3ccccc3)C2=O)cc1. The van der Waals surface area contributed by atoms with Crippen LogP contribution in [0, 0.1) is 32.1 Å². The van der Waals surface area contributed by atoms with Crippen LogP contribution < -0.4 is 10.2 Å². The molecule has 1 aliphatic heterocycles. The molecule has 4 rings (SSSR count). The first kappa shape index (κ1) is 23.3. The molecule has 5 nitrogen and oxygen atoms in total. The fourth-order valence-corrected chi connectivity index (χ4v) is 5.12. The average molecular weight is 468 g/mol. The monoisotopic (exact) mass is 467 g/mol. The summed E-state index contributed by atoms with van der Waals surface area (Å²) in [5.74, 6) is -0.664. The van der Waals surface area contributed by atoms with Gasteiger partial charge in [0.15, 0.2) is 0 Å². The van der Waals surface area contributed by atoms with E-state index in [0.29, 0.717) is 22.8 Å². The lowest BCUT2D eigenvalue weighted by Gasteiger charge is -2.19. The summed E-state index contributed by atoms with van der Waals surface area (Å²) in [5.41, 5.74) is 5.36. The number of hydrogen-bond acceptors (Lipinski definition) is 4. The molecule has 3 aromatic rings. The largest absolute Gasteiger partial charge is 0.321 e. The van der Waals surface area contributed by atoms with E-state index in [4.69, 9.17) is 0 Å². The van der Waals surface area contributed by atoms with E-state index in [-0.39, 0.29) is 11.5 Å². The Kier molecular flexibility index (Phi) is 6.85. The lowest BCUT2D eigenvalue weighted by Crippen LogP contribution is -2.30. The molecule has 1 atom stereocenters. The van der Waals surface area contributed by atoms with Crippen LogP contribution in [0.2, 0.25) is 0 Å². The molecule has 0 saturated carbocycles. The molecule has 0 aliphatic carbocycles. The van der Waals surface area contributed by atoms with Gasteiger partial charge in [-0.3, -0.25) is 14.5 Å². The van der Waals surface area contributed by atoms with Crippen LogP contribution in [-0.4, -0.2) is 17.1 Å². The Bertz CT molecular complexity index is 1310. The molecule has 1 N–H and O–H groups in total. The van der Waals surface area contributed by atoms with Crippen LogP contribution in [0.4, 0.5) is 11.4 Å². The summed E-state index contributed by atoms with van der Waals surface area (Å²) in [4.78, 5) is 28.3. The predicted molar refractivity (Wildman–Crippen MR) is 137 cm³/mol. The number of rotatable bonds is 5. The number of benzene rings is 3. The van der Waals surface area contributed by atoms with E-state index < -0.39 is 11.2 Å². The van der Waals surface area contributed by atoms with Crippen molar-refractivity contribution in [1.82, 2.24) is 0 Å². The number of thioether (sulfide) groups is 1. The number of nitriles is 1. The topological polar surface area (TPSA) is 73.2 Å². The van der Waals surface area contributed by atoms with Crippen molar-refractivity contribution in [2.75, 3.05) is 10.2 Å². The van der Waals surface area contributed by atoms with E-state index in [2.05, 4.69) is 11.4 Å². The number of para-hydroxylation sites is 1. The van der Waals surface area contributed by atoms with Gasteiger partial charge in [-0.15, -0.1) is 0 Å². The summed E-state index contributed by atoms with van der Waals surface area (Å²) >= 11 is 1.27. The minimum absolute atomic E-state index is 0.0745. The minimum Gasteiger partial charge on any atom is -0.321 e. The number of amides is 2. The molecule has 0 spiro atoms. The first-order valence-corrected chi connectivity index (χ1v) is 11.9. The number of anilines is 2. The Balaban J connectivity index is 1.72. The highest BCUT2D eigenvalue weighted by molar-refractivity contribution is 8.05. The van der Waals surface area contributed by atoms with Gasteiger partial charge >= 0.3 is 0 Å². The van der Waals surface area contributed by atoms with Crippen molar-refractivity contribution in [2.45, 2.75) is 32.4 Å². The van der Waals surface area contributed by atoms with Crippen LogP contribution in [0.1, 0.15) is 22.3 Å². The van der Waals surface area contributed by atoms with Crippen molar-refractivity contribution in [3.05, 3.63) is 106 Å². The first-order chi connectivity index (χ1) is 16.4. The third-order valence-corrected chi connectivity index (χ3v) is 7.18. The van der Waals surface area contributed by atoms with E-state index >= 15 is 0 Å². The molecule has 2 amide bonds. The summed E-state index contributed by atoms with van der Waals surface area (Å²) in [5, 5.41) is 12.8. The highest BCUT2D eigenvalue weighted by Crippen LogP contribution is 2.42. The first-order valence-electron chi connectivity index (χ1n) is 11.0. The minimum atomic E-state index is -0.525. The van der Waals surface area contributed by atoms with Gasteiger partial charge in [0.2, 0.25) is 5.91 Å². The van der Waals surface area contributed by atoms with Gasteiger partial charge in [0, 0.05) is 11.4 Å². The van der Waals surface area contributed by atoms with Crippen molar-refractivity contribution in [2.24, 2.45) is 0 Å². The van der Waals surface area contributed by atoms with Crippen molar-refractivity contribution in [3.8, 4) is 6.07 Å². The third-order valence-electron chi connectivity index (χ3n) is 5.91. The molecule has 0 aromatic heterocycles. The number of nitrogens with one attached hydrogen (secondary N) is 1. The number of carbonyl (C=O) groups excluding carboxylic acids is 2. The van der Waals surface area contributed by atoms with Gasteiger partial charge in [0.25, 0.3) is 5.91 Å². The van der Waals surface area contributed by atoms with Crippen molar-refractivity contribution in [3.63, 3.8) is 0 Å². The molecular formula is C28H25N3O2S. The molecule has 1 unspecified atom stereocenters. The Morgan fingerprint density at radius 2 is 1.71 bits per heavy atom. The molecule has 34 heavy (non-hydrogen) atoms. The average Bonchev–Trinajstić information content (AvgIpc) is 3.15. The molecule has 170 valence electrons. The Labute approximate surface area is 204 Å². The van der Waals surface area contributed by atoms with Gasteiger partial charge < -0.3 is 5.32 Å². The van der Waals surface area contributed by atoms with E-state index in [1.165, 1.54) is 16.7 Å². The Morgan fingerprint density at radius 1 is 1.00 bits per heavy atom. The molecular weight excluding hydrogens is 442 g/mol. The van der Waals surface area contributed by atoms with Crippen LogP contribution in [0.25, 0.3) is 0 Å². The summed E-state index contributed by atoms with van der Waals surface area (Å²) in [6, 6.07) is 24.9. The lowest BCUT2D eigenvalue weighted by atomic mass is 10.1. The number of hydrogen-bond donors (Lipinski definition) is 1. The zero-order valence-corrected chi connectivity index (χ0v) is 20.1. The van der Waals surface area contributed by atoms with E-state index in [1.54, 1.807) is 0 Å². The van der Waals surface area contributed by atoms with Crippen molar-refractivity contribution < 1.29 is 9.59 Å². The van der Waals surface area contributed by atoms with Gasteiger partial charge in [-0.05, 0) is 62.1 Å². The maximum Gasteiger partial charge on any atom is 0.269 e. The molecule has 0 radical (unpaired) electrons. The maximum atomic E-state index is 13.5. The van der Waals surface area contributed by atoms with Crippen molar-refractivity contribution in [1.29, 1.82) is 5.26 Å². The van der Waals surface area contributed by atoms with Gasteiger partial charge in [0.1, 0.15) is 16.7 Å². The number of carbonyl (C=O) groups is 2. The van der Waals surface area contributed by atoms with Crippen LogP contribution >= 0.6 is 11.8 Å². The lowest BCUT2D eigenvalue weighted by molar-refractivity contribution is -0.117. The summed E-state index contributed by atoms with van der Waals surface area (Å²) in [6.07, 6.45) is 0.508. The molecule has 1 saturated heterocycles. The van der Waals surface area contributed by atoms with E-state index in [0.717, 1.165) is 22.3 Å². The van der Waals surface area contributed by atoms with Crippen molar-refractivity contribution >= 4 is 35.0 Å². The van der Waals surface area contributed by atoms with Gasteiger partial charge in [-0.2, -0.15) is 5.26 Å². The molecule has 1 heterocycles. The quantitative estimate of drug-likeness (QED) is 0.387. The van der Waals surface area contributed by atoms with Gasteiger partial charge in [-0.25, -0.2) is 0 Å². The molecule has 1 aliphatic rings. The van der Waals surface area contributed by atoms with E-state index in [1.807, 2.05) is 93.6 Å². The molecule has 1 fully saturated rings. The van der Waals surface area contributed by atoms with Crippen LogP contribution in [0.15, 0.2) is 83.4 Å². The normalized spacial score (nSPS) is 16.8. The molecule has 0 bridgehead atoms. The Hall–Kier alpha value is -3.82. The Morgan fingerprint density at radius 3 is 2.38 bits per heavy atom. The summed E-state index contributed by atoms with van der Waals surface area (Å²) in [6.45, 7) is 5.91. The zero-order chi connectivity index (χ0) is 24.2. The highest BCUT2D eigenvalue weighted by atomic mass is 32.2. The van der Waals surface area contributed by atoms with Crippen LogP contribution in [0.5, 0.6) is 0 Å². The standard InChI is InChI=1S/C28H25N3O2S/c1-18-12-14-21(15-13-18)16-25-27(33)31(22-9-5-4-6-10-22)28(34-25)23(17-29)26(32)30-24-11-7-8-19(2)20(24)3/h4-15,25H,16H2,1-3H3,(H,30,32)/b28-23+. The second-order valence-electron chi connectivity index (χ2n) is 8.30. The van der Waals surface area contributed by atoms with Gasteiger partial charge in [0.05, 0.1) is 5.25 Å². The second kappa shape index (κ2) is 9.98. The summed E-state index contributed by atoms with van der Waals surface area (Å²) in [7, 11) is 0. The predicted octanol–water partition coefficient (Wildman–Crippen LogP) is 5.68. The van der Waals surface area contributed by atoms with Crippen LogP contribution in [0.3, 0.4) is 0 Å².